The lowest BCUT2D eigenvalue weighted by Gasteiger charge is -2.54. The maximum Gasteiger partial charge on any atom is 0.314 e. The molecule has 3 saturated heterocycles. The Balaban J connectivity index is 1.40. The number of ether oxygens (including phenoxy) is 8. The van der Waals surface area contributed by atoms with E-state index in [9.17, 15) is 30.3 Å². The quantitative estimate of drug-likeness (QED) is 0.109. The molecule has 15 heteroatoms. The molecule has 0 aromatic carbocycles. The van der Waals surface area contributed by atoms with Gasteiger partial charge in [0.1, 0.15) is 47.6 Å². The van der Waals surface area contributed by atoms with Crippen molar-refractivity contribution in [1.82, 2.24) is 0 Å². The predicted octanol–water partition coefficient (Wildman–Crippen LogP) is 2.33. The molecule has 1 saturated carbocycles. The van der Waals surface area contributed by atoms with Crippen LogP contribution < -0.4 is 0 Å². The minimum Gasteiger partial charge on any atom is -0.457 e. The number of cyclic esters (lactones) is 1. The largest absolute Gasteiger partial charge is 0.457 e. The number of esters is 1. The van der Waals surface area contributed by atoms with E-state index in [-0.39, 0.29) is 23.6 Å². The van der Waals surface area contributed by atoms with E-state index in [1.165, 1.54) is 27.9 Å². The van der Waals surface area contributed by atoms with Crippen molar-refractivity contribution in [2.24, 2.45) is 23.7 Å². The van der Waals surface area contributed by atoms with Gasteiger partial charge in [-0.25, -0.2) is 0 Å². The number of alkyl halides is 1. The third-order valence-corrected chi connectivity index (χ3v) is 12.6. The summed E-state index contributed by atoms with van der Waals surface area (Å²) in [5, 5.41) is 56.4. The minimum atomic E-state index is -2.04. The van der Waals surface area contributed by atoms with E-state index in [0.717, 1.165) is 12.0 Å². The molecule has 0 amide bonds. The number of fused-ring (bicyclic) bond motifs is 2. The number of halogens is 1. The van der Waals surface area contributed by atoms with Crippen molar-refractivity contribution in [2.75, 3.05) is 14.2 Å². The summed E-state index contributed by atoms with van der Waals surface area (Å²) in [6, 6.07) is 0. The van der Waals surface area contributed by atoms with E-state index in [1.54, 1.807) is 33.1 Å². The van der Waals surface area contributed by atoms with E-state index in [2.05, 4.69) is 11.8 Å². The molecule has 1 aliphatic carbocycles. The van der Waals surface area contributed by atoms with Crippen molar-refractivity contribution in [3.63, 3.8) is 0 Å². The van der Waals surface area contributed by atoms with Crippen LogP contribution >= 0.6 is 11.6 Å². The smallest absolute Gasteiger partial charge is 0.314 e. The van der Waals surface area contributed by atoms with Crippen LogP contribution in [0.4, 0.5) is 0 Å². The van der Waals surface area contributed by atoms with Crippen molar-refractivity contribution < 1.29 is 68.2 Å². The molecule has 2 bridgehead atoms. The Morgan fingerprint density at radius 3 is 2.18 bits per heavy atom. The highest BCUT2D eigenvalue weighted by Gasteiger charge is 2.60. The first kappa shape index (κ1) is 44.4. The fourth-order valence-corrected chi connectivity index (χ4v) is 8.54. The monoisotopic (exact) mass is 800 g/mol. The highest BCUT2D eigenvalue weighted by molar-refractivity contribution is 6.22. The molecule has 55 heavy (non-hydrogen) atoms. The summed E-state index contributed by atoms with van der Waals surface area (Å²) in [5.74, 6) is 1.67. The SMILES string of the molecule is CO[C@@H]1/C=C(\C)C[C@H](/C=C/C#C[C@H]2C[C@@H]2Cl)OC(=O)[C@@H](C)[C@]2(O)C[C@H](O[C@@H]3O[C@@H](C)[C@H](O[C@@H]4O[C@@H](C)[C@H](O)[C@@](C)(O)[C@H]4O)[C@@](C)(O)[C@H]3OC)[C@@H](C)[C@@H](O2)[C@@H]1C. The molecule has 0 aromatic rings. The summed E-state index contributed by atoms with van der Waals surface area (Å²) in [4.78, 5) is 13.8. The molecule has 0 radical (unpaired) electrons. The summed E-state index contributed by atoms with van der Waals surface area (Å²) in [5.41, 5.74) is -2.86. The van der Waals surface area contributed by atoms with Gasteiger partial charge in [0.25, 0.3) is 0 Å². The second-order valence-electron chi connectivity index (χ2n) is 16.6. The van der Waals surface area contributed by atoms with Gasteiger partial charge >= 0.3 is 5.97 Å². The fourth-order valence-electron chi connectivity index (χ4n) is 8.29. The molecular weight excluding hydrogens is 740 g/mol. The average Bonchev–Trinajstić information content (AvgIpc) is 3.83. The van der Waals surface area contributed by atoms with Crippen LogP contribution in [0.15, 0.2) is 23.8 Å². The topological polar surface area (TPSA) is 192 Å². The normalized spacial score (nSPS) is 51.8. The van der Waals surface area contributed by atoms with Crippen molar-refractivity contribution in [2.45, 2.75) is 171 Å². The molecule has 0 aromatic heterocycles. The Morgan fingerprint density at radius 2 is 1.56 bits per heavy atom. The minimum absolute atomic E-state index is 0.0683. The molecule has 312 valence electrons. The maximum absolute atomic E-state index is 13.8. The average molecular weight is 801 g/mol. The molecule has 5 aliphatic rings. The van der Waals surface area contributed by atoms with Crippen molar-refractivity contribution in [1.29, 1.82) is 0 Å². The number of carbonyl (C=O) groups is 1. The van der Waals surface area contributed by atoms with Gasteiger partial charge in [-0.15, -0.1) is 11.6 Å². The zero-order valence-electron chi connectivity index (χ0n) is 33.5. The zero-order valence-corrected chi connectivity index (χ0v) is 34.2. The number of allylic oxidation sites excluding steroid dienone is 1. The number of rotatable bonds is 7. The molecule has 4 heterocycles. The van der Waals surface area contributed by atoms with Crippen molar-refractivity contribution in [3.8, 4) is 11.8 Å². The first-order chi connectivity index (χ1) is 25.7. The van der Waals surface area contributed by atoms with Crippen LogP contribution in [-0.2, 0) is 42.7 Å². The van der Waals surface area contributed by atoms with Gasteiger partial charge in [0.15, 0.2) is 18.4 Å². The number of aliphatic hydroxyl groups is 5. The highest BCUT2D eigenvalue weighted by Crippen LogP contribution is 2.45. The Bertz CT molecular complexity index is 1470. The van der Waals surface area contributed by atoms with Crippen molar-refractivity contribution >= 4 is 17.6 Å². The van der Waals surface area contributed by atoms with Gasteiger partial charge in [-0.2, -0.15) is 0 Å². The third kappa shape index (κ3) is 9.31. The molecule has 5 N–H and O–H groups in total. The first-order valence-electron chi connectivity index (χ1n) is 19.2. The second-order valence-corrected chi connectivity index (χ2v) is 17.2. The maximum atomic E-state index is 13.8. The van der Waals surface area contributed by atoms with Crippen LogP contribution in [0.1, 0.15) is 74.7 Å². The molecular formula is C40H61ClO14. The van der Waals surface area contributed by atoms with Gasteiger partial charge in [0.05, 0.1) is 30.5 Å². The number of hydrogen-bond acceptors (Lipinski definition) is 14. The van der Waals surface area contributed by atoms with Crippen LogP contribution in [0, 0.1) is 35.5 Å². The van der Waals surface area contributed by atoms with E-state index < -0.39 is 108 Å². The van der Waals surface area contributed by atoms with Gasteiger partial charge in [0, 0.05) is 50.2 Å². The van der Waals surface area contributed by atoms with Gasteiger partial charge in [-0.05, 0) is 60.1 Å². The Hall–Kier alpha value is -1.68. The molecule has 0 spiro atoms. The summed E-state index contributed by atoms with van der Waals surface area (Å²) >= 11 is 6.08. The van der Waals surface area contributed by atoms with E-state index in [0.29, 0.717) is 6.42 Å². The van der Waals surface area contributed by atoms with Crippen LogP contribution in [0.25, 0.3) is 0 Å². The van der Waals surface area contributed by atoms with E-state index in [4.69, 9.17) is 49.5 Å². The third-order valence-electron chi connectivity index (χ3n) is 12.2. The van der Waals surface area contributed by atoms with Crippen LogP contribution in [0.3, 0.4) is 0 Å². The summed E-state index contributed by atoms with van der Waals surface area (Å²) in [6.07, 6.45) is -5.96. The molecule has 20 atom stereocenters. The number of hydrogen-bond donors (Lipinski definition) is 5. The highest BCUT2D eigenvalue weighted by atomic mass is 35.5. The second kappa shape index (κ2) is 17.3. The Labute approximate surface area is 329 Å². The van der Waals surface area contributed by atoms with Crippen LogP contribution in [0.2, 0.25) is 0 Å². The van der Waals surface area contributed by atoms with Crippen LogP contribution in [-0.4, -0.2) is 142 Å². The van der Waals surface area contributed by atoms with Gasteiger partial charge < -0.3 is 63.4 Å². The molecule has 4 fully saturated rings. The lowest BCUT2D eigenvalue weighted by molar-refractivity contribution is -0.394. The van der Waals surface area contributed by atoms with Crippen LogP contribution in [0.5, 0.6) is 0 Å². The van der Waals surface area contributed by atoms with Gasteiger partial charge in [0.2, 0.25) is 0 Å². The molecule has 14 nitrogen and oxygen atoms in total. The Morgan fingerprint density at radius 1 is 0.909 bits per heavy atom. The van der Waals surface area contributed by atoms with E-state index >= 15 is 0 Å². The molecule has 0 unspecified atom stereocenters. The molecule has 4 aliphatic heterocycles. The molecule has 5 rings (SSSR count). The number of methoxy groups -OCH3 is 2. The van der Waals surface area contributed by atoms with E-state index in [1.807, 2.05) is 26.8 Å². The standard InChI is InChI=1S/C40H61ClO14/c1-19-15-26(14-12-11-13-25-17-27(25)41)52-35(44)22(4)40(47)18-29(21(3)30(55-40)20(2)28(16-19)48-9)53-37-34(49-10)39(8,46)33(24(6)51-37)54-36-32(43)38(7,45)31(42)23(5)50-36/h12,14,16,20-34,36-37,42-43,45-47H,15,17-18H2,1-10H3/b14-12+,19-16+/t20-,21-,22-,23+,24+,25+,26+,27+,28-,29+,30+,31+,32+,33+,34+,36+,37+,38-,39-,40+/m1/s1. The zero-order chi connectivity index (χ0) is 40.8. The first-order valence-corrected chi connectivity index (χ1v) is 19.7. The lowest BCUT2D eigenvalue weighted by Crippen LogP contribution is -2.70. The summed E-state index contributed by atoms with van der Waals surface area (Å²) < 4.78 is 48.9. The summed E-state index contributed by atoms with van der Waals surface area (Å²) in [6.45, 7) is 13.3. The summed E-state index contributed by atoms with van der Waals surface area (Å²) in [7, 11) is 2.98. The van der Waals surface area contributed by atoms with Gasteiger partial charge in [-0.3, -0.25) is 4.79 Å². The predicted molar refractivity (Wildman–Crippen MR) is 198 cm³/mol. The Kier molecular flexibility index (Phi) is 14.0. The van der Waals surface area contributed by atoms with Crippen molar-refractivity contribution in [3.05, 3.63) is 23.8 Å². The van der Waals surface area contributed by atoms with Gasteiger partial charge in [-0.1, -0.05) is 37.3 Å². The number of carbonyl (C=O) groups excluding carboxylic acids is 1. The lowest BCUT2D eigenvalue weighted by atomic mass is 9.77. The fraction of sp³-hybridized carbons (Fsp3) is 0.825. The number of aliphatic hydroxyl groups excluding tert-OH is 2.